The number of nitrogens with zero attached hydrogens (tertiary/aromatic N) is 4. The number of carbonyl (C=O) groups is 1. The molecule has 5 aromatic rings. The largest absolute Gasteiger partial charge is 0.481 e. The van der Waals surface area contributed by atoms with E-state index in [0.29, 0.717) is 28.8 Å². The summed E-state index contributed by atoms with van der Waals surface area (Å²) in [5.41, 5.74) is 4.08. The second-order valence-corrected chi connectivity index (χ2v) is 7.98. The number of rotatable bonds is 6. The van der Waals surface area contributed by atoms with Crippen LogP contribution in [0, 0.1) is 12.7 Å². The third-order valence-corrected chi connectivity index (χ3v) is 5.67. The lowest BCUT2D eigenvalue weighted by molar-refractivity contribution is 0.102. The summed E-state index contributed by atoms with van der Waals surface area (Å²) in [6.07, 6.45) is 0. The van der Waals surface area contributed by atoms with Crippen LogP contribution in [-0.2, 0) is 0 Å². The average molecular weight is 484 g/mol. The number of hydrogen-bond acceptors (Lipinski definition) is 6. The van der Waals surface area contributed by atoms with Crippen molar-refractivity contribution in [2.75, 3.05) is 19.5 Å². The van der Waals surface area contributed by atoms with Gasteiger partial charge in [0.05, 0.1) is 31.3 Å². The second-order valence-electron chi connectivity index (χ2n) is 7.98. The molecule has 0 aliphatic carbocycles. The molecule has 9 heteroatoms. The highest BCUT2D eigenvalue weighted by Crippen LogP contribution is 2.25. The van der Waals surface area contributed by atoms with E-state index < -0.39 is 0 Å². The van der Waals surface area contributed by atoms with E-state index in [4.69, 9.17) is 9.47 Å². The summed E-state index contributed by atoms with van der Waals surface area (Å²) in [6, 6.07) is 20.2. The standard InChI is InChI=1S/C27H22FN5O3/c1-16-29-22-13-6-18(14-23(22)33(16)21-11-7-19(28)8-12-21)27(34)30-20-9-4-17(5-10-20)26-31-24(35-2)15-25(32-26)36-3/h4-15H,1-3H3,(H,30,34). The van der Waals surface area contributed by atoms with Crippen molar-refractivity contribution in [3.8, 4) is 28.8 Å². The van der Waals surface area contributed by atoms with Crippen molar-refractivity contribution in [1.82, 2.24) is 19.5 Å². The average Bonchev–Trinajstić information content (AvgIpc) is 3.24. The molecule has 0 bridgehead atoms. The fraction of sp³-hybridized carbons (Fsp3) is 0.111. The van der Waals surface area contributed by atoms with Gasteiger partial charge in [0.25, 0.3) is 5.91 Å². The molecular formula is C27H22FN5O3. The molecule has 180 valence electrons. The Labute approximate surface area is 206 Å². The maximum Gasteiger partial charge on any atom is 0.255 e. The Bertz CT molecular complexity index is 1540. The molecule has 0 atom stereocenters. The number of aromatic nitrogens is 4. The van der Waals surface area contributed by atoms with Gasteiger partial charge in [-0.15, -0.1) is 0 Å². The van der Waals surface area contributed by atoms with Crippen LogP contribution in [0.4, 0.5) is 10.1 Å². The Morgan fingerprint density at radius 2 is 1.53 bits per heavy atom. The molecular weight excluding hydrogens is 461 g/mol. The van der Waals surface area contributed by atoms with Gasteiger partial charge in [0.2, 0.25) is 11.8 Å². The Morgan fingerprint density at radius 1 is 0.861 bits per heavy atom. The summed E-state index contributed by atoms with van der Waals surface area (Å²) in [6.45, 7) is 1.87. The topological polar surface area (TPSA) is 91.2 Å². The third-order valence-electron chi connectivity index (χ3n) is 5.67. The smallest absolute Gasteiger partial charge is 0.255 e. The number of amides is 1. The number of carbonyl (C=O) groups excluding carboxylic acids is 1. The van der Waals surface area contributed by atoms with Crippen LogP contribution < -0.4 is 14.8 Å². The highest BCUT2D eigenvalue weighted by Gasteiger charge is 2.14. The first-order valence-corrected chi connectivity index (χ1v) is 11.1. The predicted molar refractivity (Wildman–Crippen MR) is 134 cm³/mol. The molecule has 2 heterocycles. The van der Waals surface area contributed by atoms with Gasteiger partial charge in [-0.1, -0.05) is 0 Å². The van der Waals surface area contributed by atoms with E-state index in [0.717, 1.165) is 28.1 Å². The van der Waals surface area contributed by atoms with Crippen LogP contribution in [0.15, 0.2) is 72.8 Å². The number of benzene rings is 3. The Morgan fingerprint density at radius 3 is 2.17 bits per heavy atom. The van der Waals surface area contributed by atoms with E-state index in [1.54, 1.807) is 60.7 Å². The lowest BCUT2D eigenvalue weighted by Gasteiger charge is -2.09. The minimum Gasteiger partial charge on any atom is -0.481 e. The molecule has 5 rings (SSSR count). The molecule has 36 heavy (non-hydrogen) atoms. The number of imidazole rings is 1. The molecule has 8 nitrogen and oxygen atoms in total. The number of ether oxygens (including phenoxy) is 2. The molecule has 3 aromatic carbocycles. The first-order chi connectivity index (χ1) is 17.4. The van der Waals surface area contributed by atoms with Gasteiger partial charge in [-0.25, -0.2) is 9.37 Å². The van der Waals surface area contributed by atoms with E-state index in [-0.39, 0.29) is 11.7 Å². The van der Waals surface area contributed by atoms with Crippen LogP contribution in [-0.4, -0.2) is 39.6 Å². The van der Waals surface area contributed by atoms with Crippen molar-refractivity contribution in [3.63, 3.8) is 0 Å². The molecule has 0 saturated carbocycles. The van der Waals surface area contributed by atoms with Crippen LogP contribution in [0.25, 0.3) is 28.1 Å². The molecule has 1 amide bonds. The van der Waals surface area contributed by atoms with Crippen LogP contribution in [0.1, 0.15) is 16.2 Å². The predicted octanol–water partition coefficient (Wildman–Crippen LogP) is 5.20. The quantitative estimate of drug-likeness (QED) is 0.357. The van der Waals surface area contributed by atoms with Crippen LogP contribution in [0.3, 0.4) is 0 Å². The van der Waals surface area contributed by atoms with Crippen LogP contribution >= 0.6 is 0 Å². The number of anilines is 1. The zero-order valence-electron chi connectivity index (χ0n) is 19.8. The number of hydrogen-bond donors (Lipinski definition) is 1. The van der Waals surface area contributed by atoms with Gasteiger partial charge >= 0.3 is 0 Å². The minimum atomic E-state index is -0.316. The van der Waals surface area contributed by atoms with Crippen LogP contribution in [0.2, 0.25) is 0 Å². The van der Waals surface area contributed by atoms with Gasteiger partial charge < -0.3 is 14.8 Å². The van der Waals surface area contributed by atoms with Gasteiger partial charge in [0.1, 0.15) is 11.6 Å². The summed E-state index contributed by atoms with van der Waals surface area (Å²) < 4.78 is 25.7. The molecule has 0 aliphatic rings. The molecule has 0 saturated heterocycles. The minimum absolute atomic E-state index is 0.270. The van der Waals surface area contributed by atoms with Crippen molar-refractivity contribution >= 4 is 22.6 Å². The molecule has 0 spiro atoms. The first-order valence-electron chi connectivity index (χ1n) is 11.1. The number of halogens is 1. The van der Waals surface area contributed by atoms with Gasteiger partial charge in [0, 0.05) is 22.5 Å². The SMILES string of the molecule is COc1cc(OC)nc(-c2ccc(NC(=O)c3ccc4nc(C)n(-c5ccc(F)cc5)c4c3)cc2)n1. The fourth-order valence-electron chi connectivity index (χ4n) is 3.90. The number of aryl methyl sites for hydroxylation is 1. The third kappa shape index (κ3) is 4.46. The van der Waals surface area contributed by atoms with Crippen LogP contribution in [0.5, 0.6) is 11.8 Å². The lowest BCUT2D eigenvalue weighted by atomic mass is 10.1. The van der Waals surface area contributed by atoms with Crippen molar-refractivity contribution in [2.45, 2.75) is 6.92 Å². The highest BCUT2D eigenvalue weighted by molar-refractivity contribution is 6.06. The summed E-state index contributed by atoms with van der Waals surface area (Å²) in [7, 11) is 3.05. The van der Waals surface area contributed by atoms with Gasteiger partial charge in [0.15, 0.2) is 5.82 Å². The zero-order chi connectivity index (χ0) is 25.2. The normalized spacial score (nSPS) is 10.9. The lowest BCUT2D eigenvalue weighted by Crippen LogP contribution is -2.12. The summed E-state index contributed by atoms with van der Waals surface area (Å²) in [5, 5.41) is 2.91. The van der Waals surface area contributed by atoms with Gasteiger partial charge in [-0.2, -0.15) is 9.97 Å². The maximum absolute atomic E-state index is 13.4. The van der Waals surface area contributed by atoms with E-state index in [2.05, 4.69) is 20.3 Å². The summed E-state index contributed by atoms with van der Waals surface area (Å²) in [4.78, 5) is 26.3. The number of nitrogens with one attached hydrogen (secondary N) is 1. The summed E-state index contributed by atoms with van der Waals surface area (Å²) in [5.74, 6) is 1.37. The van der Waals surface area contributed by atoms with Crippen molar-refractivity contribution in [3.05, 3.63) is 90.0 Å². The maximum atomic E-state index is 13.4. The van der Waals surface area contributed by atoms with E-state index in [9.17, 15) is 9.18 Å². The summed E-state index contributed by atoms with van der Waals surface area (Å²) >= 11 is 0. The molecule has 0 fully saturated rings. The van der Waals surface area contributed by atoms with Gasteiger partial charge in [-0.05, 0) is 73.7 Å². The Balaban J connectivity index is 1.40. The Kier molecular flexibility index (Phi) is 6.03. The molecule has 0 aliphatic heterocycles. The monoisotopic (exact) mass is 483 g/mol. The number of fused-ring (bicyclic) bond motifs is 1. The van der Waals surface area contributed by atoms with E-state index >= 15 is 0 Å². The van der Waals surface area contributed by atoms with Crippen molar-refractivity contribution < 1.29 is 18.7 Å². The van der Waals surface area contributed by atoms with E-state index in [1.165, 1.54) is 26.4 Å². The fourth-order valence-corrected chi connectivity index (χ4v) is 3.90. The molecule has 2 aromatic heterocycles. The highest BCUT2D eigenvalue weighted by atomic mass is 19.1. The Hall–Kier alpha value is -4.79. The molecule has 0 unspecified atom stereocenters. The van der Waals surface area contributed by atoms with Crippen molar-refractivity contribution in [1.29, 1.82) is 0 Å². The van der Waals surface area contributed by atoms with E-state index in [1.807, 2.05) is 11.5 Å². The zero-order valence-corrected chi connectivity index (χ0v) is 19.8. The van der Waals surface area contributed by atoms with Crippen molar-refractivity contribution in [2.24, 2.45) is 0 Å². The second kappa shape index (κ2) is 9.46. The first kappa shape index (κ1) is 23.0. The molecule has 1 N–H and O–H groups in total. The number of methoxy groups -OCH3 is 2. The molecule has 0 radical (unpaired) electrons. The van der Waals surface area contributed by atoms with Gasteiger partial charge in [-0.3, -0.25) is 9.36 Å².